The van der Waals surface area contributed by atoms with Crippen LogP contribution in [0.3, 0.4) is 0 Å². The Hall–Kier alpha value is -0.570. The average Bonchev–Trinajstić information content (AvgIpc) is 2.57. The summed E-state index contributed by atoms with van der Waals surface area (Å²) >= 11 is 0. The molecule has 14 heavy (non-hydrogen) atoms. The molecule has 2 saturated heterocycles. The predicted molar refractivity (Wildman–Crippen MR) is 58.1 cm³/mol. The van der Waals surface area contributed by atoms with Gasteiger partial charge in [-0.1, -0.05) is 13.8 Å². The van der Waals surface area contributed by atoms with Gasteiger partial charge in [-0.15, -0.1) is 0 Å². The number of rotatable bonds is 0. The van der Waals surface area contributed by atoms with Crippen LogP contribution in [0, 0.1) is 5.41 Å². The average molecular weight is 198 g/mol. The summed E-state index contributed by atoms with van der Waals surface area (Å²) in [6, 6.07) is 0. The Morgan fingerprint density at radius 2 is 1.79 bits per heavy atom. The standard InChI is InChI=1S/C9H16N2O.C2H6/c1-11-6-3-9(4-7-11)2-5-10-8(9)12;1-2/h2-7H2,1H3,(H,10,12);1-2H3. The molecule has 0 aromatic heterocycles. The molecule has 0 saturated carbocycles. The van der Waals surface area contributed by atoms with Crippen molar-refractivity contribution in [3.8, 4) is 0 Å². The van der Waals surface area contributed by atoms with Gasteiger partial charge >= 0.3 is 0 Å². The summed E-state index contributed by atoms with van der Waals surface area (Å²) in [5.74, 6) is 0.301. The smallest absolute Gasteiger partial charge is 0.226 e. The van der Waals surface area contributed by atoms with Gasteiger partial charge in [0, 0.05) is 6.54 Å². The van der Waals surface area contributed by atoms with E-state index in [-0.39, 0.29) is 5.41 Å². The Labute approximate surface area is 86.9 Å². The molecule has 0 atom stereocenters. The number of carbonyl (C=O) groups is 1. The van der Waals surface area contributed by atoms with E-state index in [0.29, 0.717) is 5.91 Å². The van der Waals surface area contributed by atoms with E-state index in [1.165, 1.54) is 0 Å². The van der Waals surface area contributed by atoms with Crippen LogP contribution >= 0.6 is 0 Å². The largest absolute Gasteiger partial charge is 0.356 e. The highest BCUT2D eigenvalue weighted by Gasteiger charge is 2.43. The zero-order valence-corrected chi connectivity index (χ0v) is 9.60. The first-order valence-electron chi connectivity index (χ1n) is 5.70. The monoisotopic (exact) mass is 198 g/mol. The van der Waals surface area contributed by atoms with E-state index in [4.69, 9.17) is 0 Å². The Morgan fingerprint density at radius 1 is 1.21 bits per heavy atom. The highest BCUT2D eigenvalue weighted by Crippen LogP contribution is 2.37. The van der Waals surface area contributed by atoms with Crippen molar-refractivity contribution in [3.63, 3.8) is 0 Å². The number of likely N-dealkylation sites (tertiary alicyclic amines) is 1. The molecule has 82 valence electrons. The Kier molecular flexibility index (Phi) is 3.93. The summed E-state index contributed by atoms with van der Waals surface area (Å²) < 4.78 is 0. The minimum absolute atomic E-state index is 0.0203. The van der Waals surface area contributed by atoms with E-state index in [1.54, 1.807) is 0 Å². The van der Waals surface area contributed by atoms with E-state index >= 15 is 0 Å². The molecule has 3 nitrogen and oxygen atoms in total. The van der Waals surface area contributed by atoms with Crippen molar-refractivity contribution in [1.29, 1.82) is 0 Å². The van der Waals surface area contributed by atoms with Crippen molar-refractivity contribution in [2.24, 2.45) is 5.41 Å². The summed E-state index contributed by atoms with van der Waals surface area (Å²) in [4.78, 5) is 13.8. The van der Waals surface area contributed by atoms with Gasteiger partial charge in [0.15, 0.2) is 0 Å². The van der Waals surface area contributed by atoms with Crippen molar-refractivity contribution in [2.75, 3.05) is 26.7 Å². The summed E-state index contributed by atoms with van der Waals surface area (Å²) in [7, 11) is 2.12. The first-order valence-corrected chi connectivity index (χ1v) is 5.70. The van der Waals surface area contributed by atoms with Crippen LogP contribution in [-0.2, 0) is 4.79 Å². The first-order chi connectivity index (χ1) is 6.73. The molecule has 2 rings (SSSR count). The summed E-state index contributed by atoms with van der Waals surface area (Å²) in [6.45, 7) is 7.05. The Bertz CT molecular complexity index is 195. The van der Waals surface area contributed by atoms with Crippen LogP contribution in [0.4, 0.5) is 0 Å². The van der Waals surface area contributed by atoms with Crippen LogP contribution < -0.4 is 5.32 Å². The fraction of sp³-hybridized carbons (Fsp3) is 0.909. The van der Waals surface area contributed by atoms with Crippen LogP contribution in [0.15, 0.2) is 0 Å². The Balaban J connectivity index is 0.000000461. The molecule has 0 aromatic rings. The van der Waals surface area contributed by atoms with Gasteiger partial charge in [-0.2, -0.15) is 0 Å². The van der Waals surface area contributed by atoms with Crippen molar-refractivity contribution in [1.82, 2.24) is 10.2 Å². The summed E-state index contributed by atoms with van der Waals surface area (Å²) in [5, 5.41) is 2.94. The maximum absolute atomic E-state index is 11.5. The summed E-state index contributed by atoms with van der Waals surface area (Å²) in [6.07, 6.45) is 3.16. The topological polar surface area (TPSA) is 32.3 Å². The molecule has 0 radical (unpaired) electrons. The van der Waals surface area contributed by atoms with Gasteiger partial charge in [0.2, 0.25) is 5.91 Å². The zero-order chi connectivity index (χ0) is 10.6. The number of hydrogen-bond donors (Lipinski definition) is 1. The van der Waals surface area contributed by atoms with Gasteiger partial charge < -0.3 is 10.2 Å². The number of nitrogens with zero attached hydrogens (tertiary/aromatic N) is 1. The second kappa shape index (κ2) is 4.78. The normalized spacial score (nSPS) is 25.5. The van der Waals surface area contributed by atoms with Crippen LogP contribution in [0.2, 0.25) is 0 Å². The van der Waals surface area contributed by atoms with Crippen LogP contribution in [0.25, 0.3) is 0 Å². The quantitative estimate of drug-likeness (QED) is 0.635. The van der Waals surface area contributed by atoms with Crippen molar-refractivity contribution in [3.05, 3.63) is 0 Å². The molecule has 1 amide bonds. The summed E-state index contributed by atoms with van der Waals surface area (Å²) in [5.41, 5.74) is 0.0203. The maximum Gasteiger partial charge on any atom is 0.226 e. The lowest BCUT2D eigenvalue weighted by Crippen LogP contribution is -2.42. The molecule has 1 N–H and O–H groups in total. The molecule has 3 heteroatoms. The van der Waals surface area contributed by atoms with Gasteiger partial charge in [-0.3, -0.25) is 4.79 Å². The highest BCUT2D eigenvalue weighted by atomic mass is 16.2. The zero-order valence-electron chi connectivity index (χ0n) is 9.60. The molecule has 0 aliphatic carbocycles. The molecule has 0 aromatic carbocycles. The number of nitrogens with one attached hydrogen (secondary N) is 1. The lowest BCUT2D eigenvalue weighted by molar-refractivity contribution is -0.129. The second-order valence-corrected chi connectivity index (χ2v) is 4.09. The number of carbonyl (C=O) groups excluding carboxylic acids is 1. The highest BCUT2D eigenvalue weighted by molar-refractivity contribution is 5.84. The number of piperidine rings is 1. The molecule has 2 fully saturated rings. The lowest BCUT2D eigenvalue weighted by atomic mass is 9.77. The third-order valence-electron chi connectivity index (χ3n) is 3.31. The molecule has 2 aliphatic heterocycles. The minimum Gasteiger partial charge on any atom is -0.356 e. The third-order valence-corrected chi connectivity index (χ3v) is 3.31. The van der Waals surface area contributed by atoms with E-state index in [9.17, 15) is 4.79 Å². The van der Waals surface area contributed by atoms with Crippen LogP contribution in [-0.4, -0.2) is 37.5 Å². The van der Waals surface area contributed by atoms with Gasteiger partial charge in [-0.25, -0.2) is 0 Å². The molecular formula is C11H22N2O. The predicted octanol–water partition coefficient (Wildman–Crippen LogP) is 1.24. The lowest BCUT2D eigenvalue weighted by Gasteiger charge is -2.35. The van der Waals surface area contributed by atoms with Crippen LogP contribution in [0.5, 0.6) is 0 Å². The maximum atomic E-state index is 11.5. The fourth-order valence-corrected chi connectivity index (χ4v) is 2.24. The van der Waals surface area contributed by atoms with E-state index in [0.717, 1.165) is 38.9 Å². The van der Waals surface area contributed by atoms with Gasteiger partial charge in [0.05, 0.1) is 5.41 Å². The molecule has 1 spiro atoms. The number of amides is 1. The molecule has 0 bridgehead atoms. The van der Waals surface area contributed by atoms with Crippen LogP contribution in [0.1, 0.15) is 33.1 Å². The van der Waals surface area contributed by atoms with Crippen molar-refractivity contribution < 1.29 is 4.79 Å². The Morgan fingerprint density at radius 3 is 2.21 bits per heavy atom. The second-order valence-electron chi connectivity index (χ2n) is 4.09. The van der Waals surface area contributed by atoms with Gasteiger partial charge in [0.1, 0.15) is 0 Å². The van der Waals surface area contributed by atoms with Crippen molar-refractivity contribution >= 4 is 5.91 Å². The van der Waals surface area contributed by atoms with E-state index in [1.807, 2.05) is 13.8 Å². The van der Waals surface area contributed by atoms with Gasteiger partial charge in [0.25, 0.3) is 0 Å². The van der Waals surface area contributed by atoms with E-state index in [2.05, 4.69) is 17.3 Å². The number of hydrogen-bond acceptors (Lipinski definition) is 2. The molecular weight excluding hydrogens is 176 g/mol. The SMILES string of the molecule is CC.CN1CCC2(CCNC2=O)CC1. The molecule has 2 heterocycles. The van der Waals surface area contributed by atoms with Gasteiger partial charge in [-0.05, 0) is 39.4 Å². The fourth-order valence-electron chi connectivity index (χ4n) is 2.24. The minimum atomic E-state index is 0.0203. The molecule has 0 unspecified atom stereocenters. The van der Waals surface area contributed by atoms with Crippen molar-refractivity contribution in [2.45, 2.75) is 33.1 Å². The van der Waals surface area contributed by atoms with E-state index < -0.39 is 0 Å². The molecule has 2 aliphatic rings. The first kappa shape index (κ1) is 11.5. The third kappa shape index (κ3) is 2.08.